The largest absolute Gasteiger partial charge is 0.297 e. The van der Waals surface area contributed by atoms with Gasteiger partial charge >= 0.3 is 0 Å². The van der Waals surface area contributed by atoms with Gasteiger partial charge in [0.1, 0.15) is 0 Å². The van der Waals surface area contributed by atoms with E-state index in [0.29, 0.717) is 0 Å². The molecule has 22 heavy (non-hydrogen) atoms. The van der Waals surface area contributed by atoms with E-state index in [9.17, 15) is 13.2 Å². The highest BCUT2D eigenvalue weighted by molar-refractivity contribution is 7.93. The second-order valence-electron chi connectivity index (χ2n) is 5.38. The molecule has 116 valence electrons. The molecule has 0 saturated heterocycles. The van der Waals surface area contributed by atoms with Gasteiger partial charge in [-0.05, 0) is 23.2 Å². The fourth-order valence-electron chi connectivity index (χ4n) is 1.71. The van der Waals surface area contributed by atoms with Crippen molar-refractivity contribution in [1.29, 1.82) is 0 Å². The Balaban J connectivity index is 3.83. The number of ketones is 1. The van der Waals surface area contributed by atoms with E-state index in [0.717, 1.165) is 0 Å². The zero-order valence-electron chi connectivity index (χ0n) is 12.2. The number of Topliss-reactive ketones (excluding diaryl/α,β-unsaturated/α-hetero) is 1. The Morgan fingerprint density at radius 3 is 1.86 bits per heavy atom. The average molecular weight is 322 g/mol. The fourth-order valence-corrected chi connectivity index (χ4v) is 3.40. The molecule has 0 unspecified atom stereocenters. The van der Waals surface area contributed by atoms with E-state index in [-0.39, 0.29) is 4.90 Å². The smallest absolute Gasteiger partial charge is 0.290 e. The van der Waals surface area contributed by atoms with Crippen molar-refractivity contribution in [2.45, 2.75) is 30.7 Å². The monoisotopic (exact) mass is 322 g/mol. The van der Waals surface area contributed by atoms with E-state index in [1.54, 1.807) is 6.07 Å². The second-order valence-corrected chi connectivity index (χ2v) is 7.43. The minimum Gasteiger partial charge on any atom is -0.297 e. The first kappa shape index (κ1) is 17.5. The summed E-state index contributed by atoms with van der Waals surface area (Å²) in [5.74, 6) is -1.01. The summed E-state index contributed by atoms with van der Waals surface area (Å²) >= 11 is 0. The van der Waals surface area contributed by atoms with E-state index >= 15 is 0 Å². The van der Waals surface area contributed by atoms with Gasteiger partial charge in [0, 0.05) is 15.2 Å². The molecule has 0 aliphatic rings. The van der Waals surface area contributed by atoms with Gasteiger partial charge in [-0.1, -0.05) is 49.2 Å². The maximum atomic E-state index is 12.8. The summed E-state index contributed by atoms with van der Waals surface area (Å²) in [7, 11) is -4.56. The second kappa shape index (κ2) is 6.07. The van der Waals surface area contributed by atoms with Gasteiger partial charge in [0.2, 0.25) is 9.84 Å². The van der Waals surface area contributed by atoms with Crippen molar-refractivity contribution in [2.24, 2.45) is 15.6 Å². The summed E-state index contributed by atoms with van der Waals surface area (Å²) in [6, 6.07) is 6.89. The van der Waals surface area contributed by atoms with Crippen LogP contribution in [0.2, 0.25) is 0 Å². The fraction of sp³-hybridized carbons (Fsp3) is 0.417. The van der Waals surface area contributed by atoms with Crippen molar-refractivity contribution in [3.63, 3.8) is 0 Å². The maximum Gasteiger partial charge on any atom is 0.290 e. The number of sulfone groups is 1. The molecule has 0 radical (unpaired) electrons. The van der Waals surface area contributed by atoms with E-state index in [1.165, 1.54) is 45.0 Å². The van der Waals surface area contributed by atoms with Gasteiger partial charge in [-0.25, -0.2) is 8.42 Å². The van der Waals surface area contributed by atoms with Gasteiger partial charge in [0.25, 0.3) is 4.99 Å². The third-order valence-electron chi connectivity index (χ3n) is 2.77. The number of azide groups is 1. The molecule has 0 aromatic heterocycles. The molecule has 1 aromatic carbocycles. The average Bonchev–Trinajstić information content (AvgIpc) is 2.46. The first-order chi connectivity index (χ1) is 10.1. The first-order valence-corrected chi connectivity index (χ1v) is 7.59. The molecule has 1 rings (SSSR count). The molecule has 1 aromatic rings. The quantitative estimate of drug-likeness (QED) is 0.464. The molecule has 0 amide bonds. The van der Waals surface area contributed by atoms with Crippen LogP contribution in [0.1, 0.15) is 20.8 Å². The molecule has 0 N–H and O–H groups in total. The predicted molar refractivity (Wildman–Crippen MR) is 79.1 cm³/mol. The minimum absolute atomic E-state index is 0.285. The van der Waals surface area contributed by atoms with Crippen molar-refractivity contribution in [1.82, 2.24) is 0 Å². The zero-order chi connectivity index (χ0) is 17.0. The maximum absolute atomic E-state index is 12.8. The van der Waals surface area contributed by atoms with E-state index in [4.69, 9.17) is 11.1 Å². The molecular formula is C12H14N6O3S. The molecule has 0 spiro atoms. The molecule has 9 nitrogen and oxygen atoms in total. The molecule has 0 atom stereocenters. The molecule has 0 saturated carbocycles. The van der Waals surface area contributed by atoms with Crippen LogP contribution in [0.15, 0.2) is 45.5 Å². The lowest BCUT2D eigenvalue weighted by Gasteiger charge is -2.29. The number of carbonyl (C=O) groups excluding carboxylic acids is 1. The van der Waals surface area contributed by atoms with Crippen LogP contribution in [0.25, 0.3) is 20.9 Å². The number of hydrogen-bond acceptors (Lipinski definition) is 5. The van der Waals surface area contributed by atoms with Crippen molar-refractivity contribution >= 4 is 15.6 Å². The van der Waals surface area contributed by atoms with E-state index < -0.39 is 26.0 Å². The Kier molecular flexibility index (Phi) is 4.83. The third-order valence-corrected chi connectivity index (χ3v) is 4.76. The van der Waals surface area contributed by atoms with Crippen LogP contribution in [-0.2, 0) is 14.6 Å². The molecular weight excluding hydrogens is 308 g/mol. The van der Waals surface area contributed by atoms with Crippen LogP contribution in [-0.4, -0.2) is 19.2 Å². The number of nitrogens with zero attached hydrogens (tertiary/aromatic N) is 6. The highest BCUT2D eigenvalue weighted by Gasteiger charge is 2.54. The third kappa shape index (κ3) is 2.89. The normalized spacial score (nSPS) is 14.1. The van der Waals surface area contributed by atoms with Gasteiger partial charge in [-0.3, -0.25) is 4.79 Å². The summed E-state index contributed by atoms with van der Waals surface area (Å²) in [6.45, 7) is 4.30. The van der Waals surface area contributed by atoms with Gasteiger partial charge in [-0.15, -0.1) is 0 Å². The van der Waals surface area contributed by atoms with Gasteiger partial charge in [-0.2, -0.15) is 0 Å². The predicted octanol–water partition coefficient (Wildman–Crippen LogP) is 3.35. The molecule has 0 aliphatic heterocycles. The number of carbonyl (C=O) groups is 1. The van der Waals surface area contributed by atoms with Crippen LogP contribution in [0.4, 0.5) is 0 Å². The number of hydrogen-bond donors (Lipinski definition) is 0. The number of rotatable bonds is 5. The first-order valence-electron chi connectivity index (χ1n) is 6.10. The van der Waals surface area contributed by atoms with Crippen LogP contribution in [0.3, 0.4) is 0 Å². The summed E-state index contributed by atoms with van der Waals surface area (Å²) in [6.07, 6.45) is 0. The van der Waals surface area contributed by atoms with Gasteiger partial charge in [0.05, 0.1) is 4.90 Å². The minimum atomic E-state index is -4.56. The molecule has 0 bridgehead atoms. The Bertz CT molecular complexity index is 751. The van der Waals surface area contributed by atoms with E-state index in [1.807, 2.05) is 0 Å². The standard InChI is InChI=1S/C12H14N6O3S/c1-11(2,3)10(19)12(15-17-13,16-18-14)22(20,21)9-7-5-4-6-8-9/h4-8H,1-3H3. The topological polar surface area (TPSA) is 149 Å². The summed E-state index contributed by atoms with van der Waals surface area (Å²) in [4.78, 5) is 14.2. The zero-order valence-corrected chi connectivity index (χ0v) is 13.0. The highest BCUT2D eigenvalue weighted by atomic mass is 32.2. The Morgan fingerprint density at radius 1 is 1.05 bits per heavy atom. The van der Waals surface area contributed by atoms with Crippen molar-refractivity contribution in [3.05, 3.63) is 51.2 Å². The molecule has 0 aliphatic carbocycles. The summed E-state index contributed by atoms with van der Waals surface area (Å²) in [5, 5.41) is 6.16. The van der Waals surface area contributed by atoms with Crippen molar-refractivity contribution < 1.29 is 13.2 Å². The van der Waals surface area contributed by atoms with Crippen molar-refractivity contribution in [3.8, 4) is 0 Å². The number of benzene rings is 1. The van der Waals surface area contributed by atoms with Gasteiger partial charge < -0.3 is 0 Å². The van der Waals surface area contributed by atoms with Crippen LogP contribution < -0.4 is 0 Å². The molecule has 0 fully saturated rings. The Labute approximate surface area is 127 Å². The Morgan fingerprint density at radius 2 is 1.50 bits per heavy atom. The lowest BCUT2D eigenvalue weighted by molar-refractivity contribution is -0.128. The van der Waals surface area contributed by atoms with Crippen LogP contribution in [0, 0.1) is 5.41 Å². The van der Waals surface area contributed by atoms with Crippen LogP contribution in [0.5, 0.6) is 0 Å². The highest BCUT2D eigenvalue weighted by Crippen LogP contribution is 2.36. The van der Waals surface area contributed by atoms with Gasteiger partial charge in [0.15, 0.2) is 5.78 Å². The lowest BCUT2D eigenvalue weighted by atomic mass is 9.89. The van der Waals surface area contributed by atoms with E-state index in [2.05, 4.69) is 20.1 Å². The van der Waals surface area contributed by atoms with Crippen LogP contribution >= 0.6 is 0 Å². The molecule has 0 heterocycles. The SMILES string of the molecule is CC(C)(C)C(=O)C(N=[N+]=[N-])(N=[N+]=[N-])S(=O)(=O)c1ccccc1. The molecule has 10 heteroatoms. The Hall–Kier alpha value is -2.54. The summed E-state index contributed by atoms with van der Waals surface area (Å²) in [5.41, 5.74) is 16.2. The van der Waals surface area contributed by atoms with Crippen molar-refractivity contribution in [2.75, 3.05) is 0 Å². The summed E-state index contributed by atoms with van der Waals surface area (Å²) < 4.78 is 25.5. The lowest BCUT2D eigenvalue weighted by Crippen LogP contribution is -2.48.